The molecule has 1 heterocycles. The van der Waals surface area contributed by atoms with Crippen LogP contribution in [0.3, 0.4) is 0 Å². The van der Waals surface area contributed by atoms with Gasteiger partial charge in [-0.1, -0.05) is 54.6 Å². The Morgan fingerprint density at radius 3 is 2.38 bits per heavy atom. The highest BCUT2D eigenvalue weighted by Gasteiger charge is 2.40. The first-order valence-electron chi connectivity index (χ1n) is 8.35. The molecular weight excluding hydrogens is 300 g/mol. The highest BCUT2D eigenvalue weighted by atomic mass is 16.2. The van der Waals surface area contributed by atoms with Gasteiger partial charge in [-0.3, -0.25) is 9.59 Å². The average Bonchev–Trinajstić information content (AvgIpc) is 2.63. The Balaban J connectivity index is 1.92. The Hall–Kier alpha value is -2.46. The van der Waals surface area contributed by atoms with Gasteiger partial charge in [0, 0.05) is 12.0 Å². The molecule has 0 unspecified atom stereocenters. The van der Waals surface area contributed by atoms with E-state index in [4.69, 9.17) is 5.73 Å². The first-order chi connectivity index (χ1) is 11.6. The molecule has 1 amide bonds. The number of primary amides is 1. The summed E-state index contributed by atoms with van der Waals surface area (Å²) in [6, 6.07) is 17.3. The van der Waals surface area contributed by atoms with Crippen LogP contribution in [0.5, 0.6) is 0 Å². The molecule has 2 aromatic rings. The number of benzene rings is 2. The maximum absolute atomic E-state index is 13.0. The standard InChI is InChI=1S/C20H22N2O2/c21-19(24)20(12-6-7-13-22-20)14-18(23)17-11-5-4-10-16(17)15-8-2-1-3-9-15/h1-5,8-11,22H,6-7,12-14H2,(H2,21,24)/t20-/m1/s1. The molecule has 0 bridgehead atoms. The Morgan fingerprint density at radius 2 is 1.71 bits per heavy atom. The van der Waals surface area contributed by atoms with E-state index in [1.807, 2.05) is 54.6 Å². The van der Waals surface area contributed by atoms with Crippen molar-refractivity contribution < 1.29 is 9.59 Å². The van der Waals surface area contributed by atoms with Gasteiger partial charge < -0.3 is 11.1 Å². The minimum atomic E-state index is -0.918. The van der Waals surface area contributed by atoms with Crippen LogP contribution in [0.15, 0.2) is 54.6 Å². The maximum Gasteiger partial charge on any atom is 0.238 e. The first-order valence-corrected chi connectivity index (χ1v) is 8.35. The molecule has 3 rings (SSSR count). The predicted octanol–water partition coefficient (Wildman–Crippen LogP) is 2.92. The van der Waals surface area contributed by atoms with Gasteiger partial charge >= 0.3 is 0 Å². The lowest BCUT2D eigenvalue weighted by Gasteiger charge is -2.35. The quantitative estimate of drug-likeness (QED) is 0.831. The van der Waals surface area contributed by atoms with E-state index in [2.05, 4.69) is 5.32 Å². The fraction of sp³-hybridized carbons (Fsp3) is 0.300. The normalized spacial score (nSPS) is 20.5. The third kappa shape index (κ3) is 3.24. The minimum Gasteiger partial charge on any atom is -0.368 e. The monoisotopic (exact) mass is 322 g/mol. The smallest absolute Gasteiger partial charge is 0.238 e. The molecule has 1 atom stereocenters. The van der Waals surface area contributed by atoms with Gasteiger partial charge in [0.25, 0.3) is 0 Å². The van der Waals surface area contributed by atoms with Crippen molar-refractivity contribution in [3.8, 4) is 11.1 Å². The molecule has 4 nitrogen and oxygen atoms in total. The van der Waals surface area contributed by atoms with E-state index < -0.39 is 11.4 Å². The van der Waals surface area contributed by atoms with E-state index in [9.17, 15) is 9.59 Å². The van der Waals surface area contributed by atoms with Crippen LogP contribution in [0.1, 0.15) is 36.0 Å². The molecule has 2 aromatic carbocycles. The Labute approximate surface area is 142 Å². The first kappa shape index (κ1) is 16.4. The van der Waals surface area contributed by atoms with Crippen molar-refractivity contribution >= 4 is 11.7 Å². The lowest BCUT2D eigenvalue weighted by molar-refractivity contribution is -0.125. The van der Waals surface area contributed by atoms with Crippen LogP contribution in [0.4, 0.5) is 0 Å². The van der Waals surface area contributed by atoms with Gasteiger partial charge in [0.15, 0.2) is 5.78 Å². The third-order valence-electron chi connectivity index (χ3n) is 4.74. The highest BCUT2D eigenvalue weighted by Crippen LogP contribution is 2.29. The summed E-state index contributed by atoms with van der Waals surface area (Å²) in [6.07, 6.45) is 2.63. The summed E-state index contributed by atoms with van der Waals surface area (Å²) < 4.78 is 0. The zero-order valence-corrected chi connectivity index (χ0v) is 13.6. The van der Waals surface area contributed by atoms with Gasteiger partial charge in [-0.15, -0.1) is 0 Å². The van der Waals surface area contributed by atoms with Crippen LogP contribution in [0, 0.1) is 0 Å². The molecule has 1 fully saturated rings. The van der Waals surface area contributed by atoms with Crippen LogP contribution in [0.2, 0.25) is 0 Å². The number of carbonyl (C=O) groups excluding carboxylic acids is 2. The van der Waals surface area contributed by atoms with Gasteiger partial charge in [0.05, 0.1) is 0 Å². The minimum absolute atomic E-state index is 0.0531. The van der Waals surface area contributed by atoms with Crippen LogP contribution >= 0.6 is 0 Å². The third-order valence-corrected chi connectivity index (χ3v) is 4.74. The molecule has 0 aromatic heterocycles. The number of Topliss-reactive ketones (excluding diaryl/α,β-unsaturated/α-hetero) is 1. The Bertz CT molecular complexity index is 734. The Morgan fingerprint density at radius 1 is 1.00 bits per heavy atom. The van der Waals surface area contributed by atoms with Crippen LogP contribution in [-0.4, -0.2) is 23.8 Å². The topological polar surface area (TPSA) is 72.2 Å². The fourth-order valence-corrected chi connectivity index (χ4v) is 3.38. The molecule has 1 saturated heterocycles. The molecule has 3 N–H and O–H groups in total. The lowest BCUT2D eigenvalue weighted by atomic mass is 9.81. The largest absolute Gasteiger partial charge is 0.368 e. The maximum atomic E-state index is 13.0. The summed E-state index contributed by atoms with van der Waals surface area (Å²) in [4.78, 5) is 25.0. The number of nitrogens with two attached hydrogens (primary N) is 1. The number of piperidine rings is 1. The second-order valence-corrected chi connectivity index (χ2v) is 6.34. The SMILES string of the molecule is NC(=O)[C@]1(CC(=O)c2ccccc2-c2ccccc2)CCCCN1. The number of hydrogen-bond acceptors (Lipinski definition) is 3. The van der Waals surface area contributed by atoms with Crippen molar-refractivity contribution in [3.05, 3.63) is 60.2 Å². The van der Waals surface area contributed by atoms with Crippen molar-refractivity contribution in [3.63, 3.8) is 0 Å². The second-order valence-electron chi connectivity index (χ2n) is 6.34. The fourth-order valence-electron chi connectivity index (χ4n) is 3.38. The number of hydrogen-bond donors (Lipinski definition) is 2. The van der Waals surface area contributed by atoms with Crippen molar-refractivity contribution in [1.82, 2.24) is 5.32 Å². The lowest BCUT2D eigenvalue weighted by Crippen LogP contribution is -2.58. The molecule has 1 aliphatic heterocycles. The van der Waals surface area contributed by atoms with Crippen molar-refractivity contribution in [1.29, 1.82) is 0 Å². The summed E-state index contributed by atoms with van der Waals surface area (Å²) in [5.41, 5.74) is 7.22. The predicted molar refractivity (Wildman–Crippen MR) is 94.6 cm³/mol. The zero-order chi connectivity index (χ0) is 17.0. The van der Waals surface area contributed by atoms with Crippen molar-refractivity contribution in [2.24, 2.45) is 5.73 Å². The summed E-state index contributed by atoms with van der Waals surface area (Å²) in [6.45, 7) is 0.719. The number of amides is 1. The molecule has 4 heteroatoms. The number of ketones is 1. The van der Waals surface area contributed by atoms with Gasteiger partial charge in [0.2, 0.25) is 5.91 Å². The number of carbonyl (C=O) groups is 2. The Kier molecular flexibility index (Phi) is 4.76. The van der Waals surface area contributed by atoms with E-state index in [1.54, 1.807) is 0 Å². The molecule has 0 saturated carbocycles. The molecule has 124 valence electrons. The summed E-state index contributed by atoms with van der Waals surface area (Å²) in [7, 11) is 0. The molecule has 0 spiro atoms. The van der Waals surface area contributed by atoms with Gasteiger partial charge in [0.1, 0.15) is 5.54 Å². The van der Waals surface area contributed by atoms with E-state index in [0.29, 0.717) is 12.0 Å². The number of rotatable bonds is 5. The highest BCUT2D eigenvalue weighted by molar-refractivity contribution is 6.05. The van der Waals surface area contributed by atoms with E-state index >= 15 is 0 Å². The molecular formula is C20H22N2O2. The average molecular weight is 322 g/mol. The van der Waals surface area contributed by atoms with E-state index in [0.717, 1.165) is 30.5 Å². The van der Waals surface area contributed by atoms with Gasteiger partial charge in [-0.05, 0) is 36.9 Å². The van der Waals surface area contributed by atoms with Crippen LogP contribution in [0.25, 0.3) is 11.1 Å². The van der Waals surface area contributed by atoms with E-state index in [1.165, 1.54) is 0 Å². The van der Waals surface area contributed by atoms with Gasteiger partial charge in [-0.2, -0.15) is 0 Å². The summed E-state index contributed by atoms with van der Waals surface area (Å²) in [5, 5.41) is 3.20. The number of nitrogens with one attached hydrogen (secondary N) is 1. The van der Waals surface area contributed by atoms with Crippen molar-refractivity contribution in [2.45, 2.75) is 31.2 Å². The van der Waals surface area contributed by atoms with Gasteiger partial charge in [-0.25, -0.2) is 0 Å². The molecule has 0 radical (unpaired) electrons. The van der Waals surface area contributed by atoms with Crippen LogP contribution in [-0.2, 0) is 4.79 Å². The summed E-state index contributed by atoms with van der Waals surface area (Å²) in [5.74, 6) is -0.490. The van der Waals surface area contributed by atoms with E-state index in [-0.39, 0.29) is 12.2 Å². The summed E-state index contributed by atoms with van der Waals surface area (Å²) >= 11 is 0. The van der Waals surface area contributed by atoms with Crippen LogP contribution < -0.4 is 11.1 Å². The molecule has 1 aliphatic rings. The molecule has 0 aliphatic carbocycles. The van der Waals surface area contributed by atoms with Crippen molar-refractivity contribution in [2.75, 3.05) is 6.54 Å². The molecule has 24 heavy (non-hydrogen) atoms. The second kappa shape index (κ2) is 6.97. The zero-order valence-electron chi connectivity index (χ0n) is 13.6.